The molecule has 1 aliphatic carbocycles. The summed E-state index contributed by atoms with van der Waals surface area (Å²) in [5, 5.41) is 10.1. The van der Waals surface area contributed by atoms with Gasteiger partial charge in [-0.05, 0) is 49.3 Å². The van der Waals surface area contributed by atoms with E-state index in [4.69, 9.17) is 17.2 Å². The maximum Gasteiger partial charge on any atom is 0.181 e. The summed E-state index contributed by atoms with van der Waals surface area (Å²) in [7, 11) is 2.01. The molecule has 0 saturated heterocycles. The minimum Gasteiger partial charge on any atom is -0.507 e. The van der Waals surface area contributed by atoms with E-state index in [-0.39, 0.29) is 5.75 Å². The van der Waals surface area contributed by atoms with Gasteiger partial charge in [0.2, 0.25) is 0 Å². The highest BCUT2D eigenvalue weighted by Crippen LogP contribution is 2.33. The molecule has 0 aliphatic heterocycles. The molecule has 1 fully saturated rings. The third kappa shape index (κ3) is 2.44. The number of hydrogen-bond acceptors (Lipinski definition) is 3. The Hall–Kier alpha value is -2.14. The van der Waals surface area contributed by atoms with Gasteiger partial charge in [-0.15, -0.1) is 0 Å². The van der Waals surface area contributed by atoms with Crippen molar-refractivity contribution in [3.63, 3.8) is 0 Å². The third-order valence-electron chi connectivity index (χ3n) is 5.06. The number of fused-ring (bicyclic) bond motifs is 1. The van der Waals surface area contributed by atoms with Gasteiger partial charge in [-0.25, -0.2) is 4.98 Å². The summed E-state index contributed by atoms with van der Waals surface area (Å²) in [6.45, 7) is 0. The van der Waals surface area contributed by atoms with Crippen molar-refractivity contribution in [2.75, 3.05) is 0 Å². The van der Waals surface area contributed by atoms with Crippen LogP contribution in [0.3, 0.4) is 0 Å². The molecule has 0 atom stereocenters. The van der Waals surface area contributed by atoms with E-state index >= 15 is 0 Å². The number of nitrogens with zero attached hydrogens (tertiary/aromatic N) is 3. The first-order valence-electron chi connectivity index (χ1n) is 8.53. The molecule has 5 heteroatoms. The van der Waals surface area contributed by atoms with E-state index < -0.39 is 0 Å². The predicted molar refractivity (Wildman–Crippen MR) is 98.8 cm³/mol. The Kier molecular flexibility index (Phi) is 3.88. The highest BCUT2D eigenvalue weighted by atomic mass is 32.1. The largest absolute Gasteiger partial charge is 0.507 e. The molecule has 1 aliphatic rings. The van der Waals surface area contributed by atoms with Crippen LogP contribution in [0.1, 0.15) is 38.1 Å². The van der Waals surface area contributed by atoms with Gasteiger partial charge in [-0.2, -0.15) is 0 Å². The molecule has 2 heterocycles. The zero-order valence-electron chi connectivity index (χ0n) is 13.8. The van der Waals surface area contributed by atoms with E-state index in [1.165, 1.54) is 19.3 Å². The lowest BCUT2D eigenvalue weighted by Gasteiger charge is -2.23. The quantitative estimate of drug-likeness (QED) is 0.669. The van der Waals surface area contributed by atoms with Crippen LogP contribution in [0, 0.1) is 4.77 Å². The van der Waals surface area contributed by atoms with Gasteiger partial charge in [0.15, 0.2) is 10.4 Å². The fraction of sp³-hybridized carbons (Fsp3) is 0.368. The van der Waals surface area contributed by atoms with E-state index in [1.807, 2.05) is 35.9 Å². The van der Waals surface area contributed by atoms with Crippen LogP contribution in [-0.2, 0) is 7.05 Å². The van der Waals surface area contributed by atoms with E-state index in [1.54, 1.807) is 6.07 Å². The summed E-state index contributed by atoms with van der Waals surface area (Å²) >= 11 is 5.70. The first-order valence-corrected chi connectivity index (χ1v) is 8.94. The molecule has 0 amide bonds. The number of phenolic OH excluding ortho intramolecular Hbond substituents is 1. The lowest BCUT2D eigenvalue weighted by molar-refractivity contribution is 0.354. The molecule has 0 unspecified atom stereocenters. The molecule has 2 aromatic heterocycles. The van der Waals surface area contributed by atoms with Gasteiger partial charge in [-0.3, -0.25) is 4.57 Å². The Bertz CT molecular complexity index is 951. The highest BCUT2D eigenvalue weighted by molar-refractivity contribution is 7.71. The number of hydrogen-bond donors (Lipinski definition) is 1. The first-order chi connectivity index (χ1) is 11.7. The number of aryl methyl sites for hydroxylation is 1. The molecule has 1 aromatic carbocycles. The number of rotatable bonds is 2. The molecule has 24 heavy (non-hydrogen) atoms. The summed E-state index contributed by atoms with van der Waals surface area (Å²) in [5.41, 5.74) is 3.51. The van der Waals surface area contributed by atoms with Crippen molar-refractivity contribution in [1.29, 1.82) is 0 Å². The van der Waals surface area contributed by atoms with Crippen LogP contribution < -0.4 is 0 Å². The molecule has 4 rings (SSSR count). The predicted octanol–water partition coefficient (Wildman–Crippen LogP) is 4.98. The normalized spacial score (nSPS) is 15.9. The van der Waals surface area contributed by atoms with Crippen molar-refractivity contribution in [3.05, 3.63) is 41.2 Å². The van der Waals surface area contributed by atoms with Crippen LogP contribution in [0.4, 0.5) is 0 Å². The zero-order chi connectivity index (χ0) is 16.7. The monoisotopic (exact) mass is 339 g/mol. The van der Waals surface area contributed by atoms with Crippen LogP contribution in [-0.4, -0.2) is 19.2 Å². The number of aromatic nitrogens is 3. The Morgan fingerprint density at radius 2 is 1.83 bits per heavy atom. The van der Waals surface area contributed by atoms with Gasteiger partial charge in [0, 0.05) is 18.7 Å². The van der Waals surface area contributed by atoms with Crippen molar-refractivity contribution in [2.45, 2.75) is 38.1 Å². The number of imidazole rings is 1. The van der Waals surface area contributed by atoms with E-state index in [9.17, 15) is 5.11 Å². The molecular formula is C19H21N3OS. The minimum absolute atomic E-state index is 0.253. The maximum absolute atomic E-state index is 10.1. The van der Waals surface area contributed by atoms with Gasteiger partial charge in [-0.1, -0.05) is 31.4 Å². The van der Waals surface area contributed by atoms with Gasteiger partial charge in [0.1, 0.15) is 5.75 Å². The van der Waals surface area contributed by atoms with Crippen LogP contribution in [0.25, 0.3) is 22.4 Å². The molecule has 4 nitrogen and oxygen atoms in total. The Labute approximate surface area is 146 Å². The number of aromatic hydroxyl groups is 1. The van der Waals surface area contributed by atoms with E-state index in [0.717, 1.165) is 40.0 Å². The smallest absolute Gasteiger partial charge is 0.181 e. The van der Waals surface area contributed by atoms with Crippen molar-refractivity contribution in [1.82, 2.24) is 14.1 Å². The van der Waals surface area contributed by atoms with Crippen molar-refractivity contribution in [3.8, 4) is 17.0 Å². The van der Waals surface area contributed by atoms with Gasteiger partial charge in [0.25, 0.3) is 0 Å². The molecule has 0 radical (unpaired) electrons. The van der Waals surface area contributed by atoms with Gasteiger partial charge in [0.05, 0.1) is 11.2 Å². The van der Waals surface area contributed by atoms with E-state index in [0.29, 0.717) is 6.04 Å². The molecule has 0 bridgehead atoms. The number of phenols is 1. The average molecular weight is 339 g/mol. The number of benzene rings is 1. The average Bonchev–Trinajstić information content (AvgIpc) is 2.86. The Morgan fingerprint density at radius 1 is 1.08 bits per heavy atom. The fourth-order valence-electron chi connectivity index (χ4n) is 3.74. The summed E-state index contributed by atoms with van der Waals surface area (Å²) < 4.78 is 5.10. The summed E-state index contributed by atoms with van der Waals surface area (Å²) in [6.07, 6.45) is 6.14. The van der Waals surface area contributed by atoms with Crippen molar-refractivity contribution in [2.24, 2.45) is 7.05 Å². The lowest BCUT2D eigenvalue weighted by atomic mass is 9.95. The second-order valence-electron chi connectivity index (χ2n) is 6.56. The maximum atomic E-state index is 10.1. The molecular weight excluding hydrogens is 318 g/mol. The molecule has 3 aromatic rings. The van der Waals surface area contributed by atoms with Crippen molar-refractivity contribution < 1.29 is 5.11 Å². The number of pyridine rings is 1. The fourth-order valence-corrected chi connectivity index (χ4v) is 4.08. The van der Waals surface area contributed by atoms with Gasteiger partial charge >= 0.3 is 0 Å². The first kappa shape index (κ1) is 15.4. The zero-order valence-corrected chi connectivity index (χ0v) is 14.6. The Morgan fingerprint density at radius 3 is 2.58 bits per heavy atom. The van der Waals surface area contributed by atoms with E-state index in [2.05, 4.69) is 10.6 Å². The summed E-state index contributed by atoms with van der Waals surface area (Å²) in [4.78, 5) is 4.88. The second kappa shape index (κ2) is 6.06. The van der Waals surface area contributed by atoms with Crippen molar-refractivity contribution >= 4 is 23.4 Å². The molecule has 1 saturated carbocycles. The standard InChI is InChI=1S/C19H21N3OS/c1-21-16-12-11-15(14-9-5-6-10-17(14)23)20-18(16)22(19(21)24)13-7-3-2-4-8-13/h5-6,9-13,23H,2-4,7-8H2,1H3. The molecule has 124 valence electrons. The summed E-state index contributed by atoms with van der Waals surface area (Å²) in [5.74, 6) is 0.253. The summed E-state index contributed by atoms with van der Waals surface area (Å²) in [6, 6.07) is 11.8. The molecule has 1 N–H and O–H groups in total. The minimum atomic E-state index is 0.253. The van der Waals surface area contributed by atoms with Crippen LogP contribution in [0.2, 0.25) is 0 Å². The van der Waals surface area contributed by atoms with Crippen LogP contribution in [0.5, 0.6) is 5.75 Å². The topological polar surface area (TPSA) is 43.0 Å². The van der Waals surface area contributed by atoms with Crippen LogP contribution >= 0.6 is 12.2 Å². The number of para-hydroxylation sites is 1. The van der Waals surface area contributed by atoms with Gasteiger partial charge < -0.3 is 9.67 Å². The second-order valence-corrected chi connectivity index (χ2v) is 6.92. The highest BCUT2D eigenvalue weighted by Gasteiger charge is 2.21. The third-order valence-corrected chi connectivity index (χ3v) is 5.53. The molecule has 0 spiro atoms. The van der Waals surface area contributed by atoms with Crippen LogP contribution in [0.15, 0.2) is 36.4 Å². The Balaban J connectivity index is 1.92. The SMILES string of the molecule is Cn1c(=S)n(C2CCCCC2)c2nc(-c3ccccc3O)ccc21. The lowest BCUT2D eigenvalue weighted by Crippen LogP contribution is -2.13.